The second-order valence-electron chi connectivity index (χ2n) is 5.62. The first-order valence-electron chi connectivity index (χ1n) is 7.60. The Morgan fingerprint density at radius 1 is 1.20 bits per heavy atom. The number of aromatic amines is 1. The quantitative estimate of drug-likeness (QED) is 0.515. The zero-order valence-corrected chi connectivity index (χ0v) is 13.7. The summed E-state index contributed by atoms with van der Waals surface area (Å²) in [6.07, 6.45) is 3.40. The van der Waals surface area contributed by atoms with Crippen LogP contribution in [-0.4, -0.2) is 26.0 Å². The molecule has 0 bridgehead atoms. The van der Waals surface area contributed by atoms with Crippen molar-refractivity contribution < 1.29 is 9.90 Å². The summed E-state index contributed by atoms with van der Waals surface area (Å²) in [6, 6.07) is 11.0. The minimum Gasteiger partial charge on any atom is -0.477 e. The minimum absolute atomic E-state index is 0.0969. The van der Waals surface area contributed by atoms with Crippen molar-refractivity contribution in [1.82, 2.24) is 15.0 Å². The number of benzene rings is 1. The van der Waals surface area contributed by atoms with Gasteiger partial charge in [0.15, 0.2) is 0 Å². The summed E-state index contributed by atoms with van der Waals surface area (Å²) in [6.45, 7) is 0.545. The molecule has 0 spiro atoms. The van der Waals surface area contributed by atoms with E-state index in [-0.39, 0.29) is 5.69 Å². The summed E-state index contributed by atoms with van der Waals surface area (Å²) < 4.78 is 0. The molecule has 3 aromatic heterocycles. The number of carbonyl (C=O) groups is 1. The maximum absolute atomic E-state index is 11.2. The third-order valence-corrected chi connectivity index (χ3v) is 4.20. The van der Waals surface area contributed by atoms with Gasteiger partial charge in [-0.2, -0.15) is 0 Å². The number of anilines is 1. The zero-order valence-electron chi connectivity index (χ0n) is 13.0. The van der Waals surface area contributed by atoms with E-state index in [2.05, 4.69) is 20.3 Å². The van der Waals surface area contributed by atoms with Crippen LogP contribution < -0.4 is 5.32 Å². The normalized spacial score (nSPS) is 11.1. The standard InChI is InChI=1S/C18H13ClN4O2/c19-11-3-1-2-10(6-11)8-21-16-12-4-5-20-9-14(12)13-7-15(18(24)25)22-17(13)23-16/h1-7,9H,8H2,(H,24,25)(H2,21,22,23). The lowest BCUT2D eigenvalue weighted by Crippen LogP contribution is -2.02. The molecule has 4 rings (SSSR count). The molecule has 0 aliphatic carbocycles. The smallest absolute Gasteiger partial charge is 0.352 e. The summed E-state index contributed by atoms with van der Waals surface area (Å²) in [7, 11) is 0. The Bertz CT molecular complexity index is 1110. The predicted octanol–water partition coefficient (Wildman–Crippen LogP) is 4.07. The molecule has 0 aliphatic heterocycles. The van der Waals surface area contributed by atoms with Gasteiger partial charge in [-0.05, 0) is 29.8 Å². The molecule has 0 amide bonds. The average Bonchev–Trinajstić information content (AvgIpc) is 3.04. The van der Waals surface area contributed by atoms with Gasteiger partial charge in [-0.3, -0.25) is 4.98 Å². The van der Waals surface area contributed by atoms with E-state index in [0.717, 1.165) is 21.7 Å². The molecule has 3 heterocycles. The van der Waals surface area contributed by atoms with E-state index in [1.807, 2.05) is 30.3 Å². The Balaban J connectivity index is 1.80. The average molecular weight is 353 g/mol. The maximum atomic E-state index is 11.2. The largest absolute Gasteiger partial charge is 0.477 e. The van der Waals surface area contributed by atoms with Crippen molar-refractivity contribution in [2.75, 3.05) is 5.32 Å². The number of aromatic carboxylic acids is 1. The Labute approximate surface area is 147 Å². The second-order valence-corrected chi connectivity index (χ2v) is 6.05. The van der Waals surface area contributed by atoms with E-state index in [9.17, 15) is 9.90 Å². The Kier molecular flexibility index (Phi) is 3.74. The number of carboxylic acid groups (broad SMARTS) is 1. The van der Waals surface area contributed by atoms with E-state index < -0.39 is 5.97 Å². The third kappa shape index (κ3) is 2.88. The fraction of sp³-hybridized carbons (Fsp3) is 0.0556. The fourth-order valence-electron chi connectivity index (χ4n) is 2.81. The van der Waals surface area contributed by atoms with Gasteiger partial charge in [0.25, 0.3) is 0 Å². The van der Waals surface area contributed by atoms with Crippen LogP contribution in [0, 0.1) is 0 Å². The van der Waals surface area contributed by atoms with Gasteiger partial charge in [0.1, 0.15) is 17.2 Å². The highest BCUT2D eigenvalue weighted by Crippen LogP contribution is 2.29. The van der Waals surface area contributed by atoms with Crippen LogP contribution in [0.2, 0.25) is 5.02 Å². The molecule has 0 atom stereocenters. The van der Waals surface area contributed by atoms with Crippen LogP contribution in [0.5, 0.6) is 0 Å². The van der Waals surface area contributed by atoms with Gasteiger partial charge in [-0.25, -0.2) is 9.78 Å². The molecule has 0 radical (unpaired) electrons. The summed E-state index contributed by atoms with van der Waals surface area (Å²) in [5.74, 6) is -0.368. The van der Waals surface area contributed by atoms with Gasteiger partial charge in [0.2, 0.25) is 0 Å². The third-order valence-electron chi connectivity index (χ3n) is 3.97. The highest BCUT2D eigenvalue weighted by molar-refractivity contribution is 6.30. The lowest BCUT2D eigenvalue weighted by molar-refractivity contribution is 0.0691. The predicted molar refractivity (Wildman–Crippen MR) is 97.1 cm³/mol. The number of hydrogen-bond donors (Lipinski definition) is 3. The van der Waals surface area contributed by atoms with Gasteiger partial charge in [-0.1, -0.05) is 23.7 Å². The molecule has 0 saturated carbocycles. The minimum atomic E-state index is -1.02. The molecule has 1 aromatic carbocycles. The number of halogens is 1. The number of carboxylic acids is 1. The van der Waals surface area contributed by atoms with Crippen LogP contribution in [0.3, 0.4) is 0 Å². The van der Waals surface area contributed by atoms with Crippen LogP contribution in [0.4, 0.5) is 5.82 Å². The van der Waals surface area contributed by atoms with Crippen LogP contribution in [0.25, 0.3) is 21.8 Å². The first kappa shape index (κ1) is 15.4. The summed E-state index contributed by atoms with van der Waals surface area (Å²) in [5, 5.41) is 15.6. The van der Waals surface area contributed by atoms with Gasteiger partial charge in [0.05, 0.1) is 0 Å². The Morgan fingerprint density at radius 3 is 2.88 bits per heavy atom. The summed E-state index contributed by atoms with van der Waals surface area (Å²) in [4.78, 5) is 22.8. The molecule has 25 heavy (non-hydrogen) atoms. The summed E-state index contributed by atoms with van der Waals surface area (Å²) >= 11 is 6.02. The van der Waals surface area contributed by atoms with Crippen molar-refractivity contribution in [3.05, 3.63) is 65.1 Å². The first-order valence-corrected chi connectivity index (χ1v) is 7.97. The molecule has 7 heteroatoms. The number of fused-ring (bicyclic) bond motifs is 3. The van der Waals surface area contributed by atoms with E-state index in [1.165, 1.54) is 0 Å². The number of H-pyrrole nitrogens is 1. The number of nitrogens with one attached hydrogen (secondary N) is 2. The van der Waals surface area contributed by atoms with Crippen LogP contribution in [-0.2, 0) is 6.54 Å². The molecular weight excluding hydrogens is 340 g/mol. The van der Waals surface area contributed by atoms with Crippen molar-refractivity contribution >= 4 is 45.2 Å². The molecule has 0 fully saturated rings. The topological polar surface area (TPSA) is 90.9 Å². The van der Waals surface area contributed by atoms with E-state index in [1.54, 1.807) is 18.5 Å². The van der Waals surface area contributed by atoms with Gasteiger partial charge >= 0.3 is 5.97 Å². The molecule has 0 saturated heterocycles. The van der Waals surface area contributed by atoms with Crippen molar-refractivity contribution in [3.8, 4) is 0 Å². The highest BCUT2D eigenvalue weighted by Gasteiger charge is 2.14. The number of aromatic nitrogens is 3. The molecule has 3 N–H and O–H groups in total. The van der Waals surface area contributed by atoms with Crippen LogP contribution >= 0.6 is 11.6 Å². The van der Waals surface area contributed by atoms with Gasteiger partial charge in [0, 0.05) is 40.1 Å². The number of pyridine rings is 2. The molecule has 124 valence electrons. The number of rotatable bonds is 4. The van der Waals surface area contributed by atoms with Gasteiger partial charge < -0.3 is 15.4 Å². The van der Waals surface area contributed by atoms with Crippen LogP contribution in [0.15, 0.2) is 48.8 Å². The highest BCUT2D eigenvalue weighted by atomic mass is 35.5. The molecule has 0 aliphatic rings. The lowest BCUT2D eigenvalue weighted by atomic mass is 10.1. The molecule has 0 unspecified atom stereocenters. The monoisotopic (exact) mass is 352 g/mol. The SMILES string of the molecule is O=C(O)c1cc2c(nc(NCc3cccc(Cl)c3)c3ccncc32)[nH]1. The Hall–Kier alpha value is -3.12. The number of hydrogen-bond acceptors (Lipinski definition) is 4. The van der Waals surface area contributed by atoms with Crippen molar-refractivity contribution in [3.63, 3.8) is 0 Å². The van der Waals surface area contributed by atoms with Gasteiger partial charge in [-0.15, -0.1) is 0 Å². The van der Waals surface area contributed by atoms with Crippen molar-refractivity contribution in [2.45, 2.75) is 6.54 Å². The van der Waals surface area contributed by atoms with E-state index >= 15 is 0 Å². The lowest BCUT2D eigenvalue weighted by Gasteiger charge is -2.10. The van der Waals surface area contributed by atoms with Crippen molar-refractivity contribution in [2.24, 2.45) is 0 Å². The summed E-state index contributed by atoms with van der Waals surface area (Å²) in [5.41, 5.74) is 1.63. The first-order chi connectivity index (χ1) is 12.1. The van der Waals surface area contributed by atoms with E-state index in [0.29, 0.717) is 23.0 Å². The van der Waals surface area contributed by atoms with Crippen LogP contribution in [0.1, 0.15) is 16.1 Å². The molecule has 6 nitrogen and oxygen atoms in total. The molecular formula is C18H13ClN4O2. The maximum Gasteiger partial charge on any atom is 0.352 e. The Morgan fingerprint density at radius 2 is 2.08 bits per heavy atom. The fourth-order valence-corrected chi connectivity index (χ4v) is 3.02. The van der Waals surface area contributed by atoms with Crippen molar-refractivity contribution in [1.29, 1.82) is 0 Å². The van der Waals surface area contributed by atoms with E-state index in [4.69, 9.17) is 11.6 Å². The zero-order chi connectivity index (χ0) is 17.4. The second kappa shape index (κ2) is 6.07. The number of nitrogens with zero attached hydrogens (tertiary/aromatic N) is 2. The molecule has 4 aromatic rings.